The van der Waals surface area contributed by atoms with Crippen molar-refractivity contribution in [1.82, 2.24) is 15.2 Å². The zero-order valence-electron chi connectivity index (χ0n) is 9.90. The third-order valence-corrected chi connectivity index (χ3v) is 3.84. The molecule has 1 amide bonds. The van der Waals surface area contributed by atoms with Crippen LogP contribution >= 0.6 is 22.9 Å². The van der Waals surface area contributed by atoms with Gasteiger partial charge >= 0.3 is 0 Å². The summed E-state index contributed by atoms with van der Waals surface area (Å²) in [6, 6.07) is 7.50. The molecule has 0 unspecified atom stereocenters. The second-order valence-electron chi connectivity index (χ2n) is 3.93. The van der Waals surface area contributed by atoms with Crippen LogP contribution in [0.5, 0.6) is 0 Å². The van der Waals surface area contributed by atoms with Crippen molar-refractivity contribution in [3.63, 3.8) is 0 Å². The molecule has 0 saturated carbocycles. The molecule has 0 spiro atoms. The highest BCUT2D eigenvalue weighted by Gasteiger charge is 2.15. The molecule has 5 nitrogen and oxygen atoms in total. The van der Waals surface area contributed by atoms with Crippen molar-refractivity contribution >= 4 is 44.3 Å². The average Bonchev–Trinajstić information content (AvgIpc) is 2.89. The molecule has 0 aliphatic rings. The van der Waals surface area contributed by atoms with Crippen LogP contribution in [0.4, 0.5) is 5.13 Å². The summed E-state index contributed by atoms with van der Waals surface area (Å²) in [5, 5.41) is 10.9. The summed E-state index contributed by atoms with van der Waals surface area (Å²) in [5.41, 5.74) is 2.25. The number of hydrogen-bond donors (Lipinski definition) is 2. The minimum absolute atomic E-state index is 0.153. The number of benzene rings is 1. The number of aromatic amines is 1. The van der Waals surface area contributed by atoms with E-state index in [-0.39, 0.29) is 5.91 Å². The highest BCUT2D eigenvalue weighted by atomic mass is 35.5. The second kappa shape index (κ2) is 4.64. The number of fused-ring (bicyclic) bond motifs is 1. The highest BCUT2D eigenvalue weighted by molar-refractivity contribution is 7.22. The first-order valence-corrected chi connectivity index (χ1v) is 6.72. The number of amides is 1. The Morgan fingerprint density at radius 1 is 1.42 bits per heavy atom. The molecule has 0 aliphatic heterocycles. The van der Waals surface area contributed by atoms with Crippen LogP contribution < -0.4 is 5.32 Å². The molecule has 0 radical (unpaired) electrons. The number of aromatic nitrogens is 3. The molecule has 0 atom stereocenters. The van der Waals surface area contributed by atoms with E-state index in [0.717, 1.165) is 16.0 Å². The van der Waals surface area contributed by atoms with E-state index in [1.807, 2.05) is 24.3 Å². The van der Waals surface area contributed by atoms with E-state index in [4.69, 9.17) is 11.6 Å². The van der Waals surface area contributed by atoms with Gasteiger partial charge in [0.1, 0.15) is 4.70 Å². The van der Waals surface area contributed by atoms with Crippen molar-refractivity contribution in [3.05, 3.63) is 29.3 Å². The van der Waals surface area contributed by atoms with E-state index in [9.17, 15) is 4.79 Å². The molecular weight excluding hydrogens is 284 g/mol. The summed E-state index contributed by atoms with van der Waals surface area (Å²) in [7, 11) is 0. The van der Waals surface area contributed by atoms with Crippen LogP contribution in [0.1, 0.15) is 6.92 Å². The SMILES string of the molecule is CC(=O)Nc1nc2n[nH]c(-c3ccccc3Cl)c2s1. The first kappa shape index (κ1) is 12.1. The van der Waals surface area contributed by atoms with Gasteiger partial charge in [-0.1, -0.05) is 41.1 Å². The average molecular weight is 293 g/mol. The van der Waals surface area contributed by atoms with Crippen molar-refractivity contribution in [2.75, 3.05) is 5.32 Å². The molecule has 1 aromatic carbocycles. The minimum Gasteiger partial charge on any atom is -0.302 e. The number of rotatable bonds is 2. The van der Waals surface area contributed by atoms with Gasteiger partial charge in [-0.15, -0.1) is 0 Å². The molecular formula is C12H9ClN4OS. The molecule has 0 saturated heterocycles. The molecule has 0 aliphatic carbocycles. The summed E-state index contributed by atoms with van der Waals surface area (Å²) in [4.78, 5) is 15.3. The Labute approximate surface area is 117 Å². The monoisotopic (exact) mass is 292 g/mol. The highest BCUT2D eigenvalue weighted by Crippen LogP contribution is 2.36. The van der Waals surface area contributed by atoms with Gasteiger partial charge in [-0.2, -0.15) is 10.1 Å². The van der Waals surface area contributed by atoms with Crippen LogP contribution in [0, 0.1) is 0 Å². The van der Waals surface area contributed by atoms with Gasteiger partial charge in [-0.3, -0.25) is 9.89 Å². The van der Waals surface area contributed by atoms with Crippen molar-refractivity contribution in [2.45, 2.75) is 6.92 Å². The number of halogens is 1. The topological polar surface area (TPSA) is 70.7 Å². The van der Waals surface area contributed by atoms with Gasteiger partial charge in [0.2, 0.25) is 5.91 Å². The number of thiazole rings is 1. The molecule has 19 heavy (non-hydrogen) atoms. The number of carbonyl (C=O) groups excluding carboxylic acids is 1. The van der Waals surface area contributed by atoms with Crippen molar-refractivity contribution < 1.29 is 4.79 Å². The predicted molar refractivity (Wildman–Crippen MR) is 76.5 cm³/mol. The molecule has 2 aromatic heterocycles. The predicted octanol–water partition coefficient (Wildman–Crippen LogP) is 3.30. The maximum absolute atomic E-state index is 11.0. The van der Waals surface area contributed by atoms with Crippen LogP contribution in [0.15, 0.2) is 24.3 Å². The number of nitrogens with zero attached hydrogens (tertiary/aromatic N) is 2. The maximum atomic E-state index is 11.0. The third kappa shape index (κ3) is 2.20. The Hall–Kier alpha value is -1.92. The third-order valence-electron chi connectivity index (χ3n) is 2.54. The van der Waals surface area contributed by atoms with Gasteiger partial charge in [0.25, 0.3) is 0 Å². The smallest absolute Gasteiger partial charge is 0.223 e. The fraction of sp³-hybridized carbons (Fsp3) is 0.0833. The van der Waals surface area contributed by atoms with E-state index in [2.05, 4.69) is 20.5 Å². The number of carbonyl (C=O) groups is 1. The van der Waals surface area contributed by atoms with Gasteiger partial charge in [0.15, 0.2) is 10.8 Å². The zero-order chi connectivity index (χ0) is 13.4. The van der Waals surface area contributed by atoms with E-state index in [1.54, 1.807) is 0 Å². The van der Waals surface area contributed by atoms with Crippen LogP contribution in [-0.2, 0) is 4.79 Å². The van der Waals surface area contributed by atoms with Crippen LogP contribution in [0.3, 0.4) is 0 Å². The largest absolute Gasteiger partial charge is 0.302 e. The Morgan fingerprint density at radius 2 is 2.21 bits per heavy atom. The Morgan fingerprint density at radius 3 is 2.95 bits per heavy atom. The maximum Gasteiger partial charge on any atom is 0.223 e. The first-order chi connectivity index (χ1) is 9.15. The lowest BCUT2D eigenvalue weighted by Gasteiger charge is -2.00. The fourth-order valence-electron chi connectivity index (χ4n) is 1.76. The van der Waals surface area contributed by atoms with E-state index in [1.165, 1.54) is 18.3 Å². The van der Waals surface area contributed by atoms with Gasteiger partial charge in [0.05, 0.1) is 5.69 Å². The molecule has 0 fully saturated rings. The Balaban J connectivity index is 2.12. The lowest BCUT2D eigenvalue weighted by atomic mass is 10.1. The number of hydrogen-bond acceptors (Lipinski definition) is 4. The van der Waals surface area contributed by atoms with Crippen molar-refractivity contribution in [1.29, 1.82) is 0 Å². The van der Waals surface area contributed by atoms with Crippen LogP contribution in [0.25, 0.3) is 21.6 Å². The summed E-state index contributed by atoms with van der Waals surface area (Å²) >= 11 is 7.54. The summed E-state index contributed by atoms with van der Waals surface area (Å²) in [5.74, 6) is -0.153. The lowest BCUT2D eigenvalue weighted by Crippen LogP contribution is -2.04. The van der Waals surface area contributed by atoms with E-state index < -0.39 is 0 Å². The molecule has 2 N–H and O–H groups in total. The standard InChI is InChI=1S/C12H9ClN4OS/c1-6(18)14-12-15-11-10(19-12)9(16-17-11)7-4-2-3-5-8(7)13/h2-5H,1H3,(H2,14,15,16,17,18). The van der Waals surface area contributed by atoms with Gasteiger partial charge in [0, 0.05) is 17.5 Å². The molecule has 3 aromatic rings. The van der Waals surface area contributed by atoms with Crippen LogP contribution in [-0.4, -0.2) is 21.1 Å². The molecule has 96 valence electrons. The lowest BCUT2D eigenvalue weighted by molar-refractivity contribution is -0.114. The Kier molecular flexibility index (Phi) is 2.96. The molecule has 7 heteroatoms. The Bertz CT molecular complexity index is 764. The van der Waals surface area contributed by atoms with Gasteiger partial charge in [-0.05, 0) is 6.07 Å². The molecule has 0 bridgehead atoms. The normalized spacial score (nSPS) is 10.8. The first-order valence-electron chi connectivity index (χ1n) is 5.52. The fourth-order valence-corrected chi connectivity index (χ4v) is 2.95. The quantitative estimate of drug-likeness (QED) is 0.761. The number of H-pyrrole nitrogens is 1. The van der Waals surface area contributed by atoms with E-state index in [0.29, 0.717) is 15.8 Å². The molecule has 2 heterocycles. The second-order valence-corrected chi connectivity index (χ2v) is 5.34. The van der Waals surface area contributed by atoms with E-state index >= 15 is 0 Å². The van der Waals surface area contributed by atoms with Gasteiger partial charge in [-0.25, -0.2) is 0 Å². The summed E-state index contributed by atoms with van der Waals surface area (Å²) in [6.45, 7) is 1.45. The number of anilines is 1. The van der Waals surface area contributed by atoms with Crippen molar-refractivity contribution in [3.8, 4) is 11.3 Å². The summed E-state index contributed by atoms with van der Waals surface area (Å²) in [6.07, 6.45) is 0. The number of nitrogens with one attached hydrogen (secondary N) is 2. The van der Waals surface area contributed by atoms with Crippen molar-refractivity contribution in [2.24, 2.45) is 0 Å². The summed E-state index contributed by atoms with van der Waals surface area (Å²) < 4.78 is 0.872. The van der Waals surface area contributed by atoms with Gasteiger partial charge < -0.3 is 5.32 Å². The van der Waals surface area contributed by atoms with Crippen LogP contribution in [0.2, 0.25) is 5.02 Å². The zero-order valence-corrected chi connectivity index (χ0v) is 11.5. The minimum atomic E-state index is -0.153. The molecule has 3 rings (SSSR count).